The minimum atomic E-state index is -0.491. The van der Waals surface area contributed by atoms with Crippen molar-refractivity contribution in [1.29, 1.82) is 0 Å². The number of carbonyl (C=O) groups is 1. The summed E-state index contributed by atoms with van der Waals surface area (Å²) >= 11 is 5.72. The first-order valence-corrected chi connectivity index (χ1v) is 4.55. The van der Waals surface area contributed by atoms with Crippen LogP contribution in [0.4, 0.5) is 0 Å². The van der Waals surface area contributed by atoms with E-state index in [1.54, 1.807) is 18.2 Å². The highest BCUT2D eigenvalue weighted by Crippen LogP contribution is 2.16. The number of rotatable bonds is 1. The molecule has 0 saturated carbocycles. The summed E-state index contributed by atoms with van der Waals surface area (Å²) in [6.45, 7) is 5.90. The fourth-order valence-electron chi connectivity index (χ4n) is 0.820. The first-order chi connectivity index (χ1) is 6.11. The van der Waals surface area contributed by atoms with E-state index in [0.717, 1.165) is 5.56 Å². The van der Waals surface area contributed by atoms with Crippen molar-refractivity contribution in [3.8, 4) is 0 Å². The molecule has 0 bridgehead atoms. The molecule has 0 aliphatic heterocycles. The highest BCUT2D eigenvalue weighted by molar-refractivity contribution is 6.33. The van der Waals surface area contributed by atoms with Crippen molar-refractivity contribution in [2.24, 2.45) is 5.73 Å². The molecule has 3 heteroatoms. The number of hydrogen-bond donors (Lipinski definition) is 1. The summed E-state index contributed by atoms with van der Waals surface area (Å²) in [7, 11) is 0. The topological polar surface area (TPSA) is 43.1 Å². The van der Waals surface area contributed by atoms with Gasteiger partial charge in [0.15, 0.2) is 0 Å². The largest absolute Gasteiger partial charge is 0.366 e. The van der Waals surface area contributed by atoms with Crippen LogP contribution in [0, 0.1) is 6.92 Å². The van der Waals surface area contributed by atoms with E-state index >= 15 is 0 Å². The third-order valence-corrected chi connectivity index (χ3v) is 1.70. The molecule has 1 rings (SSSR count). The molecule has 0 radical (unpaired) electrons. The van der Waals surface area contributed by atoms with Crippen molar-refractivity contribution in [3.63, 3.8) is 0 Å². The van der Waals surface area contributed by atoms with E-state index in [2.05, 4.69) is 0 Å². The molecule has 2 nitrogen and oxygen atoms in total. The molecule has 1 amide bonds. The molecule has 0 saturated heterocycles. The van der Waals surface area contributed by atoms with E-state index in [-0.39, 0.29) is 0 Å². The maximum Gasteiger partial charge on any atom is 0.250 e. The Labute approximate surface area is 83.7 Å². The highest BCUT2D eigenvalue weighted by Gasteiger charge is 2.04. The second-order valence-electron chi connectivity index (χ2n) is 2.35. The average molecular weight is 200 g/mol. The summed E-state index contributed by atoms with van der Waals surface area (Å²) in [4.78, 5) is 10.7. The van der Waals surface area contributed by atoms with E-state index in [9.17, 15) is 4.79 Å². The number of nitrogens with two attached hydrogens (primary N) is 1. The van der Waals surface area contributed by atoms with Gasteiger partial charge in [-0.15, -0.1) is 0 Å². The molecule has 0 unspecified atom stereocenters. The number of benzene rings is 1. The molecule has 0 atom stereocenters. The van der Waals surface area contributed by atoms with Gasteiger partial charge in [-0.3, -0.25) is 4.79 Å². The van der Waals surface area contributed by atoms with Crippen LogP contribution in [0.5, 0.6) is 0 Å². The lowest BCUT2D eigenvalue weighted by atomic mass is 10.1. The normalized spacial score (nSPS) is 8.62. The number of hydrogen-bond acceptors (Lipinski definition) is 1. The Kier molecular flexibility index (Phi) is 5.16. The minimum Gasteiger partial charge on any atom is -0.366 e. The summed E-state index contributed by atoms with van der Waals surface area (Å²) in [5.74, 6) is -0.491. The zero-order chi connectivity index (χ0) is 10.4. The third kappa shape index (κ3) is 3.47. The molecule has 1 aromatic carbocycles. The zero-order valence-corrected chi connectivity index (χ0v) is 8.85. The maximum atomic E-state index is 10.7. The zero-order valence-electron chi connectivity index (χ0n) is 8.10. The molecule has 0 aliphatic rings. The summed E-state index contributed by atoms with van der Waals surface area (Å²) in [5, 5.41) is 0.414. The highest BCUT2D eigenvalue weighted by atomic mass is 35.5. The Morgan fingerprint density at radius 1 is 1.38 bits per heavy atom. The molecule has 0 aliphatic carbocycles. The molecule has 0 aromatic heterocycles. The summed E-state index contributed by atoms with van der Waals surface area (Å²) < 4.78 is 0. The van der Waals surface area contributed by atoms with Crippen molar-refractivity contribution in [3.05, 3.63) is 34.3 Å². The fourth-order valence-corrected chi connectivity index (χ4v) is 1.15. The van der Waals surface area contributed by atoms with E-state index in [4.69, 9.17) is 17.3 Å². The monoisotopic (exact) mass is 199 g/mol. The van der Waals surface area contributed by atoms with Crippen molar-refractivity contribution >= 4 is 17.5 Å². The van der Waals surface area contributed by atoms with Gasteiger partial charge in [0.25, 0.3) is 0 Å². The minimum absolute atomic E-state index is 0.372. The Morgan fingerprint density at radius 2 is 1.92 bits per heavy atom. The Bertz CT molecular complexity index is 297. The number of carbonyl (C=O) groups excluding carboxylic acids is 1. The molecule has 0 heterocycles. The summed E-state index contributed by atoms with van der Waals surface area (Å²) in [6, 6.07) is 5.13. The molecule has 2 N–H and O–H groups in total. The first-order valence-electron chi connectivity index (χ1n) is 4.17. The Hall–Kier alpha value is -1.02. The van der Waals surface area contributed by atoms with Gasteiger partial charge in [-0.2, -0.15) is 0 Å². The standard InChI is InChI=1S/C8H8ClNO.C2H6/c1-5-2-3-6(8(10)11)7(9)4-5;1-2/h2-4H,1H3,(H2,10,11);1-2H3. The molecular formula is C10H14ClNO. The summed E-state index contributed by atoms with van der Waals surface area (Å²) in [6.07, 6.45) is 0. The van der Waals surface area contributed by atoms with E-state index < -0.39 is 5.91 Å². The fraction of sp³-hybridized carbons (Fsp3) is 0.300. The van der Waals surface area contributed by atoms with Crippen LogP contribution in [-0.4, -0.2) is 5.91 Å². The van der Waals surface area contributed by atoms with E-state index in [1.165, 1.54) is 0 Å². The van der Waals surface area contributed by atoms with Crippen LogP contribution in [0.15, 0.2) is 18.2 Å². The van der Waals surface area contributed by atoms with Crippen LogP contribution in [-0.2, 0) is 0 Å². The van der Waals surface area contributed by atoms with E-state index in [0.29, 0.717) is 10.6 Å². The summed E-state index contributed by atoms with van der Waals surface area (Å²) in [5.41, 5.74) is 6.43. The SMILES string of the molecule is CC.Cc1ccc(C(N)=O)c(Cl)c1. The van der Waals surface area contributed by atoms with Gasteiger partial charge in [0.1, 0.15) is 0 Å². The number of aryl methyl sites for hydroxylation is 1. The predicted octanol–water partition coefficient (Wildman–Crippen LogP) is 2.77. The Balaban J connectivity index is 0.000000671. The van der Waals surface area contributed by atoms with Crippen LogP contribution in [0.25, 0.3) is 0 Å². The van der Waals surface area contributed by atoms with Crippen LogP contribution < -0.4 is 5.73 Å². The molecule has 0 fully saturated rings. The van der Waals surface area contributed by atoms with E-state index in [1.807, 2.05) is 20.8 Å². The Morgan fingerprint density at radius 3 is 2.31 bits per heavy atom. The first kappa shape index (κ1) is 12.0. The maximum absolute atomic E-state index is 10.7. The van der Waals surface area contributed by atoms with Gasteiger partial charge >= 0.3 is 0 Å². The second kappa shape index (κ2) is 5.60. The smallest absolute Gasteiger partial charge is 0.250 e. The van der Waals surface area contributed by atoms with Crippen LogP contribution in [0.3, 0.4) is 0 Å². The van der Waals surface area contributed by atoms with Gasteiger partial charge in [-0.25, -0.2) is 0 Å². The van der Waals surface area contributed by atoms with Crippen LogP contribution in [0.2, 0.25) is 5.02 Å². The molecule has 72 valence electrons. The van der Waals surface area contributed by atoms with Crippen molar-refractivity contribution in [1.82, 2.24) is 0 Å². The number of halogens is 1. The molecule has 1 aromatic rings. The molecule has 13 heavy (non-hydrogen) atoms. The van der Waals surface area contributed by atoms with Gasteiger partial charge in [0.2, 0.25) is 5.91 Å². The lowest BCUT2D eigenvalue weighted by Crippen LogP contribution is -2.11. The van der Waals surface area contributed by atoms with Crippen molar-refractivity contribution < 1.29 is 4.79 Å². The van der Waals surface area contributed by atoms with Crippen molar-refractivity contribution in [2.75, 3.05) is 0 Å². The predicted molar refractivity (Wildman–Crippen MR) is 56.1 cm³/mol. The average Bonchev–Trinajstić information content (AvgIpc) is 2.07. The second-order valence-corrected chi connectivity index (χ2v) is 2.75. The van der Waals surface area contributed by atoms with Crippen molar-refractivity contribution in [2.45, 2.75) is 20.8 Å². The van der Waals surface area contributed by atoms with Gasteiger partial charge in [0, 0.05) is 0 Å². The number of primary amides is 1. The van der Waals surface area contributed by atoms with Gasteiger partial charge < -0.3 is 5.73 Å². The van der Waals surface area contributed by atoms with Gasteiger partial charge in [0.05, 0.1) is 10.6 Å². The lowest BCUT2D eigenvalue weighted by molar-refractivity contribution is 0.100. The van der Waals surface area contributed by atoms with Crippen LogP contribution >= 0.6 is 11.6 Å². The molecular weight excluding hydrogens is 186 g/mol. The lowest BCUT2D eigenvalue weighted by Gasteiger charge is -1.99. The molecule has 0 spiro atoms. The van der Waals surface area contributed by atoms with Gasteiger partial charge in [-0.05, 0) is 24.6 Å². The van der Waals surface area contributed by atoms with Gasteiger partial charge in [-0.1, -0.05) is 31.5 Å². The quantitative estimate of drug-likeness (QED) is 0.743. The van der Waals surface area contributed by atoms with Crippen LogP contribution in [0.1, 0.15) is 29.8 Å². The number of amides is 1. The third-order valence-electron chi connectivity index (χ3n) is 1.39.